The molecule has 0 unspecified atom stereocenters. The molecule has 0 aliphatic carbocycles. The highest BCUT2D eigenvalue weighted by atomic mass is 16.6. The van der Waals surface area contributed by atoms with Gasteiger partial charge in [-0.15, -0.1) is 0 Å². The van der Waals surface area contributed by atoms with Crippen molar-refractivity contribution in [1.29, 1.82) is 0 Å². The minimum atomic E-state index is -0.506. The predicted molar refractivity (Wildman–Crippen MR) is 62.8 cm³/mol. The monoisotopic (exact) mass is 237 g/mol. The summed E-state index contributed by atoms with van der Waals surface area (Å²) in [5.41, 5.74) is 0.294. The van der Waals surface area contributed by atoms with Gasteiger partial charge in [0.1, 0.15) is 0 Å². The van der Waals surface area contributed by atoms with Crippen LogP contribution >= 0.6 is 0 Å². The number of esters is 1. The Kier molecular flexibility index (Phi) is 4.63. The normalized spacial score (nSPS) is 11.9. The lowest BCUT2D eigenvalue weighted by Crippen LogP contribution is -2.11. The van der Waals surface area contributed by atoms with Gasteiger partial charge in [-0.05, 0) is 18.1 Å². The lowest BCUT2D eigenvalue weighted by atomic mass is 10.1. The molecule has 0 bridgehead atoms. The smallest absolute Gasteiger partial charge is 0.338 e. The zero-order valence-electron chi connectivity index (χ0n) is 9.88. The van der Waals surface area contributed by atoms with Crippen LogP contribution in [-0.4, -0.2) is 17.5 Å². The molecule has 5 heteroatoms. The van der Waals surface area contributed by atoms with Crippen molar-refractivity contribution in [3.8, 4) is 0 Å². The van der Waals surface area contributed by atoms with Crippen molar-refractivity contribution >= 4 is 11.7 Å². The van der Waals surface area contributed by atoms with Crippen LogP contribution in [0.2, 0.25) is 0 Å². The first-order valence-electron chi connectivity index (χ1n) is 5.46. The largest absolute Gasteiger partial charge is 0.462 e. The average molecular weight is 237 g/mol. The maximum atomic E-state index is 11.6. The summed E-state index contributed by atoms with van der Waals surface area (Å²) in [5.74, 6) is -0.128. The summed E-state index contributed by atoms with van der Waals surface area (Å²) >= 11 is 0. The second-order valence-electron chi connectivity index (χ2n) is 3.92. The number of hydrogen-bond acceptors (Lipinski definition) is 4. The topological polar surface area (TPSA) is 69.4 Å². The molecule has 1 aromatic rings. The van der Waals surface area contributed by atoms with Gasteiger partial charge in [-0.25, -0.2) is 4.79 Å². The molecule has 0 saturated heterocycles. The molecule has 0 N–H and O–H groups in total. The van der Waals surface area contributed by atoms with E-state index >= 15 is 0 Å². The molecule has 1 aromatic carbocycles. The molecule has 92 valence electrons. The van der Waals surface area contributed by atoms with Crippen LogP contribution < -0.4 is 0 Å². The molecular weight excluding hydrogens is 222 g/mol. The number of nitro benzene ring substituents is 1. The average Bonchev–Trinajstić information content (AvgIpc) is 2.35. The molecule has 17 heavy (non-hydrogen) atoms. The van der Waals surface area contributed by atoms with Crippen LogP contribution in [0.5, 0.6) is 0 Å². The summed E-state index contributed by atoms with van der Waals surface area (Å²) in [6, 6.07) is 5.38. The van der Waals surface area contributed by atoms with Gasteiger partial charge >= 0.3 is 5.97 Å². The molecule has 5 nitrogen and oxygen atoms in total. The van der Waals surface area contributed by atoms with Crippen molar-refractivity contribution in [1.82, 2.24) is 0 Å². The molecule has 0 heterocycles. The second-order valence-corrected chi connectivity index (χ2v) is 3.92. The lowest BCUT2D eigenvalue weighted by Gasteiger charge is -2.09. The molecule has 1 atom stereocenters. The zero-order valence-corrected chi connectivity index (χ0v) is 9.88. The van der Waals surface area contributed by atoms with Gasteiger partial charge < -0.3 is 4.74 Å². The number of benzene rings is 1. The fourth-order valence-corrected chi connectivity index (χ4v) is 1.14. The standard InChI is InChI=1S/C12H15NO4/c1-3-9(2)8-17-12(14)10-4-6-11(7-5-10)13(15)16/h4-7,9H,3,8H2,1-2H3/t9-/m0/s1. The van der Waals surface area contributed by atoms with Gasteiger partial charge in [-0.3, -0.25) is 10.1 Å². The van der Waals surface area contributed by atoms with Crippen LogP contribution in [0.4, 0.5) is 5.69 Å². The van der Waals surface area contributed by atoms with Crippen molar-refractivity contribution < 1.29 is 14.5 Å². The number of carbonyl (C=O) groups is 1. The van der Waals surface area contributed by atoms with Gasteiger partial charge in [0.25, 0.3) is 5.69 Å². The molecule has 0 radical (unpaired) electrons. The Morgan fingerprint density at radius 1 is 1.41 bits per heavy atom. The van der Waals surface area contributed by atoms with Gasteiger partial charge in [0.05, 0.1) is 17.1 Å². The predicted octanol–water partition coefficient (Wildman–Crippen LogP) is 2.80. The van der Waals surface area contributed by atoms with E-state index in [-0.39, 0.29) is 5.69 Å². The van der Waals surface area contributed by atoms with Crippen LogP contribution in [0.25, 0.3) is 0 Å². The Balaban J connectivity index is 2.61. The minimum absolute atomic E-state index is 0.0384. The number of ether oxygens (including phenoxy) is 1. The third-order valence-electron chi connectivity index (χ3n) is 2.51. The maximum absolute atomic E-state index is 11.6. The molecule has 0 aromatic heterocycles. The van der Waals surface area contributed by atoms with Crippen molar-refractivity contribution in [2.45, 2.75) is 20.3 Å². The number of nitrogens with zero attached hydrogens (tertiary/aromatic N) is 1. The van der Waals surface area contributed by atoms with Crippen molar-refractivity contribution in [2.75, 3.05) is 6.61 Å². The van der Waals surface area contributed by atoms with Gasteiger partial charge in [0, 0.05) is 12.1 Å². The first-order valence-corrected chi connectivity index (χ1v) is 5.46. The highest BCUT2D eigenvalue weighted by Gasteiger charge is 2.11. The van der Waals surface area contributed by atoms with E-state index < -0.39 is 10.9 Å². The van der Waals surface area contributed by atoms with Crippen molar-refractivity contribution in [3.05, 3.63) is 39.9 Å². The van der Waals surface area contributed by atoms with E-state index in [1.54, 1.807) is 0 Å². The second kappa shape index (κ2) is 5.98. The van der Waals surface area contributed by atoms with Crippen LogP contribution in [0.1, 0.15) is 30.6 Å². The quantitative estimate of drug-likeness (QED) is 0.448. The van der Waals surface area contributed by atoms with E-state index in [9.17, 15) is 14.9 Å². The number of non-ortho nitro benzene ring substituents is 1. The maximum Gasteiger partial charge on any atom is 0.338 e. The fraction of sp³-hybridized carbons (Fsp3) is 0.417. The summed E-state index contributed by atoms with van der Waals surface area (Å²) in [6.45, 7) is 4.37. The van der Waals surface area contributed by atoms with Crippen LogP contribution in [-0.2, 0) is 4.74 Å². The summed E-state index contributed by atoms with van der Waals surface area (Å²) in [7, 11) is 0. The zero-order chi connectivity index (χ0) is 12.8. The molecule has 0 amide bonds. The van der Waals surface area contributed by atoms with Gasteiger partial charge in [0.15, 0.2) is 0 Å². The summed E-state index contributed by atoms with van der Waals surface area (Å²) in [4.78, 5) is 21.5. The van der Waals surface area contributed by atoms with E-state index in [1.165, 1.54) is 24.3 Å². The third kappa shape index (κ3) is 3.86. The highest BCUT2D eigenvalue weighted by molar-refractivity contribution is 5.89. The Morgan fingerprint density at radius 3 is 2.47 bits per heavy atom. The van der Waals surface area contributed by atoms with Crippen LogP contribution in [0.15, 0.2) is 24.3 Å². The summed E-state index contributed by atoms with van der Waals surface area (Å²) < 4.78 is 5.07. The van der Waals surface area contributed by atoms with E-state index in [1.807, 2.05) is 13.8 Å². The van der Waals surface area contributed by atoms with Crippen LogP contribution in [0.3, 0.4) is 0 Å². The SMILES string of the molecule is CC[C@H](C)COC(=O)c1ccc([N+](=O)[O-])cc1. The molecule has 1 rings (SSSR count). The van der Waals surface area contributed by atoms with E-state index in [2.05, 4.69) is 0 Å². The summed E-state index contributed by atoms with van der Waals surface area (Å²) in [5, 5.41) is 10.4. The Morgan fingerprint density at radius 2 is 2.00 bits per heavy atom. The third-order valence-corrected chi connectivity index (χ3v) is 2.51. The Hall–Kier alpha value is -1.91. The van der Waals surface area contributed by atoms with Gasteiger partial charge in [0.2, 0.25) is 0 Å². The minimum Gasteiger partial charge on any atom is -0.462 e. The van der Waals surface area contributed by atoms with Crippen molar-refractivity contribution in [2.24, 2.45) is 5.92 Å². The van der Waals surface area contributed by atoms with Gasteiger partial charge in [-0.1, -0.05) is 20.3 Å². The van der Waals surface area contributed by atoms with Crippen molar-refractivity contribution in [3.63, 3.8) is 0 Å². The Bertz CT molecular complexity index is 399. The number of carbonyl (C=O) groups excluding carboxylic acids is 1. The first kappa shape index (κ1) is 13.2. The molecular formula is C12H15NO4. The Labute approximate surface area is 99.5 Å². The number of rotatable bonds is 5. The molecule has 0 spiro atoms. The molecule has 0 aliphatic rings. The molecule has 0 fully saturated rings. The fourth-order valence-electron chi connectivity index (χ4n) is 1.14. The molecule has 0 aliphatic heterocycles. The van der Waals surface area contributed by atoms with E-state index in [0.717, 1.165) is 6.42 Å². The number of nitro groups is 1. The van der Waals surface area contributed by atoms with Crippen LogP contribution in [0, 0.1) is 16.0 Å². The number of hydrogen-bond donors (Lipinski definition) is 0. The molecule has 0 saturated carbocycles. The highest BCUT2D eigenvalue weighted by Crippen LogP contribution is 2.13. The van der Waals surface area contributed by atoms with E-state index in [0.29, 0.717) is 18.1 Å². The van der Waals surface area contributed by atoms with E-state index in [4.69, 9.17) is 4.74 Å². The summed E-state index contributed by atoms with van der Waals surface area (Å²) in [6.07, 6.45) is 0.938. The first-order chi connectivity index (χ1) is 8.04. The lowest BCUT2D eigenvalue weighted by molar-refractivity contribution is -0.384. The van der Waals surface area contributed by atoms with Gasteiger partial charge in [-0.2, -0.15) is 0 Å².